The highest BCUT2D eigenvalue weighted by Crippen LogP contribution is 2.18. The van der Waals surface area contributed by atoms with Gasteiger partial charge in [0.05, 0.1) is 17.8 Å². The van der Waals surface area contributed by atoms with Gasteiger partial charge in [0, 0.05) is 18.0 Å². The predicted molar refractivity (Wildman–Crippen MR) is 91.2 cm³/mol. The zero-order valence-electron chi connectivity index (χ0n) is 13.7. The standard InChI is InChI=1S/C19H16N4O2/c1-2-4-13-5-7-14(8-6-13)17(24)15(11-20)18(25)16-12-22-23-10-3-9-21-19(16)23/h3,5-10,12,15H,2,4H2,1H3/t15-/m1/s1. The Bertz CT molecular complexity index is 967. The molecule has 6 heteroatoms. The summed E-state index contributed by atoms with van der Waals surface area (Å²) in [5.41, 5.74) is 1.97. The second kappa shape index (κ2) is 7.05. The van der Waals surface area contributed by atoms with Gasteiger partial charge in [0.2, 0.25) is 0 Å². The summed E-state index contributed by atoms with van der Waals surface area (Å²) in [5, 5.41) is 13.4. The largest absolute Gasteiger partial charge is 0.292 e. The SMILES string of the molecule is CCCc1ccc(C(=O)[C@@H](C#N)C(=O)c2cnn3cccnc23)cc1. The lowest BCUT2D eigenvalue weighted by Gasteiger charge is -2.07. The number of hydrogen-bond donors (Lipinski definition) is 0. The molecule has 3 rings (SSSR count). The fourth-order valence-corrected chi connectivity index (χ4v) is 2.68. The van der Waals surface area contributed by atoms with Crippen molar-refractivity contribution in [1.82, 2.24) is 14.6 Å². The molecule has 0 amide bonds. The van der Waals surface area contributed by atoms with E-state index in [9.17, 15) is 14.9 Å². The molecular weight excluding hydrogens is 316 g/mol. The van der Waals surface area contributed by atoms with E-state index in [0.29, 0.717) is 11.2 Å². The molecule has 2 aromatic heterocycles. The van der Waals surface area contributed by atoms with E-state index in [1.165, 1.54) is 16.9 Å². The second-order valence-corrected chi connectivity index (χ2v) is 5.68. The van der Waals surface area contributed by atoms with Crippen LogP contribution in [0.5, 0.6) is 0 Å². The molecule has 2 heterocycles. The fourth-order valence-electron chi connectivity index (χ4n) is 2.68. The van der Waals surface area contributed by atoms with E-state index in [1.54, 1.807) is 24.4 Å². The summed E-state index contributed by atoms with van der Waals surface area (Å²) in [4.78, 5) is 29.4. The number of rotatable bonds is 6. The summed E-state index contributed by atoms with van der Waals surface area (Å²) in [6.45, 7) is 2.08. The van der Waals surface area contributed by atoms with Crippen molar-refractivity contribution in [3.8, 4) is 6.07 Å². The van der Waals surface area contributed by atoms with Gasteiger partial charge >= 0.3 is 0 Å². The quantitative estimate of drug-likeness (QED) is 0.511. The zero-order chi connectivity index (χ0) is 17.8. The van der Waals surface area contributed by atoms with Gasteiger partial charge in [-0.3, -0.25) is 9.59 Å². The first kappa shape index (κ1) is 16.5. The molecule has 1 aromatic carbocycles. The summed E-state index contributed by atoms with van der Waals surface area (Å²) in [5.74, 6) is -2.50. The van der Waals surface area contributed by atoms with Crippen molar-refractivity contribution in [3.05, 3.63) is 65.6 Å². The van der Waals surface area contributed by atoms with Crippen molar-refractivity contribution < 1.29 is 9.59 Å². The van der Waals surface area contributed by atoms with Crippen molar-refractivity contribution in [2.24, 2.45) is 5.92 Å². The Morgan fingerprint density at radius 2 is 2.00 bits per heavy atom. The van der Waals surface area contributed by atoms with Gasteiger partial charge in [0.15, 0.2) is 23.1 Å². The highest BCUT2D eigenvalue weighted by molar-refractivity contribution is 6.19. The highest BCUT2D eigenvalue weighted by Gasteiger charge is 2.30. The Balaban J connectivity index is 1.90. The normalized spacial score (nSPS) is 11.8. The molecule has 0 radical (unpaired) electrons. The number of carbonyl (C=O) groups excluding carboxylic acids is 2. The zero-order valence-corrected chi connectivity index (χ0v) is 13.7. The Hall–Kier alpha value is -3.33. The van der Waals surface area contributed by atoms with E-state index in [4.69, 9.17) is 0 Å². The van der Waals surface area contributed by atoms with Crippen molar-refractivity contribution in [1.29, 1.82) is 5.26 Å². The first-order valence-electron chi connectivity index (χ1n) is 8.01. The summed E-state index contributed by atoms with van der Waals surface area (Å²) < 4.78 is 1.44. The minimum absolute atomic E-state index is 0.170. The number of nitrogens with zero attached hydrogens (tertiary/aromatic N) is 4. The summed E-state index contributed by atoms with van der Waals surface area (Å²) in [7, 11) is 0. The van der Waals surface area contributed by atoms with E-state index < -0.39 is 17.5 Å². The molecule has 0 saturated heterocycles. The van der Waals surface area contributed by atoms with Crippen LogP contribution in [-0.2, 0) is 6.42 Å². The Labute approximate surface area is 144 Å². The molecule has 0 fully saturated rings. The number of aryl methyl sites for hydroxylation is 1. The molecule has 1 atom stereocenters. The molecule has 0 aliphatic rings. The lowest BCUT2D eigenvalue weighted by Crippen LogP contribution is -2.23. The number of fused-ring (bicyclic) bond motifs is 1. The van der Waals surface area contributed by atoms with E-state index in [-0.39, 0.29) is 5.56 Å². The molecule has 0 unspecified atom stereocenters. The van der Waals surface area contributed by atoms with Gasteiger partial charge in [-0.25, -0.2) is 9.50 Å². The highest BCUT2D eigenvalue weighted by atomic mass is 16.2. The number of aromatic nitrogens is 3. The van der Waals surface area contributed by atoms with Crippen LogP contribution in [0.1, 0.15) is 39.6 Å². The number of benzene rings is 1. The third kappa shape index (κ3) is 3.17. The first-order chi connectivity index (χ1) is 12.2. The van der Waals surface area contributed by atoms with Crippen molar-refractivity contribution >= 4 is 17.2 Å². The van der Waals surface area contributed by atoms with Crippen LogP contribution < -0.4 is 0 Å². The van der Waals surface area contributed by atoms with Crippen LogP contribution in [0.4, 0.5) is 0 Å². The third-order valence-electron chi connectivity index (χ3n) is 3.98. The smallest absolute Gasteiger partial charge is 0.193 e. The molecule has 0 aliphatic heterocycles. The summed E-state index contributed by atoms with van der Waals surface area (Å²) in [6.07, 6.45) is 6.45. The predicted octanol–water partition coefficient (Wildman–Crippen LogP) is 2.89. The molecule has 0 spiro atoms. The van der Waals surface area contributed by atoms with Crippen LogP contribution in [0.15, 0.2) is 48.9 Å². The minimum atomic E-state index is -1.41. The van der Waals surface area contributed by atoms with Gasteiger partial charge in [-0.15, -0.1) is 0 Å². The average Bonchev–Trinajstić information content (AvgIpc) is 3.07. The minimum Gasteiger partial charge on any atom is -0.292 e. The Morgan fingerprint density at radius 1 is 1.24 bits per heavy atom. The maximum atomic E-state index is 12.7. The number of hydrogen-bond acceptors (Lipinski definition) is 5. The second-order valence-electron chi connectivity index (χ2n) is 5.68. The third-order valence-corrected chi connectivity index (χ3v) is 3.98. The van der Waals surface area contributed by atoms with Crippen molar-refractivity contribution in [2.45, 2.75) is 19.8 Å². The molecular formula is C19H16N4O2. The average molecular weight is 332 g/mol. The van der Waals surface area contributed by atoms with Crippen LogP contribution in [0, 0.1) is 17.2 Å². The van der Waals surface area contributed by atoms with Crippen LogP contribution in [0.3, 0.4) is 0 Å². The van der Waals surface area contributed by atoms with Crippen LogP contribution in [-0.4, -0.2) is 26.2 Å². The lowest BCUT2D eigenvalue weighted by atomic mass is 9.91. The maximum Gasteiger partial charge on any atom is 0.193 e. The van der Waals surface area contributed by atoms with Crippen LogP contribution in [0.25, 0.3) is 5.65 Å². The molecule has 124 valence electrons. The first-order valence-corrected chi connectivity index (χ1v) is 8.01. The monoisotopic (exact) mass is 332 g/mol. The molecule has 25 heavy (non-hydrogen) atoms. The molecule has 6 nitrogen and oxygen atoms in total. The van der Waals surface area contributed by atoms with E-state index in [1.807, 2.05) is 18.2 Å². The molecule has 0 aliphatic carbocycles. The van der Waals surface area contributed by atoms with Gasteiger partial charge in [-0.2, -0.15) is 10.4 Å². The van der Waals surface area contributed by atoms with E-state index >= 15 is 0 Å². The van der Waals surface area contributed by atoms with E-state index in [2.05, 4.69) is 17.0 Å². The van der Waals surface area contributed by atoms with Gasteiger partial charge in [0.1, 0.15) is 0 Å². The fraction of sp³-hybridized carbons (Fsp3) is 0.211. The number of ketones is 2. The van der Waals surface area contributed by atoms with Crippen LogP contribution in [0.2, 0.25) is 0 Å². The number of Topliss-reactive ketones (excluding diaryl/α,β-unsaturated/α-hetero) is 2. The molecule has 3 aromatic rings. The topological polar surface area (TPSA) is 88.1 Å². The maximum absolute atomic E-state index is 12.7. The van der Waals surface area contributed by atoms with Gasteiger partial charge in [0.25, 0.3) is 0 Å². The van der Waals surface area contributed by atoms with Gasteiger partial charge in [-0.1, -0.05) is 37.6 Å². The van der Waals surface area contributed by atoms with Crippen LogP contribution >= 0.6 is 0 Å². The lowest BCUT2D eigenvalue weighted by molar-refractivity contribution is 0.0847. The van der Waals surface area contributed by atoms with Crippen molar-refractivity contribution in [3.63, 3.8) is 0 Å². The van der Waals surface area contributed by atoms with Gasteiger partial charge in [-0.05, 0) is 18.1 Å². The Morgan fingerprint density at radius 3 is 2.68 bits per heavy atom. The Kier molecular flexibility index (Phi) is 4.66. The molecule has 0 saturated carbocycles. The number of carbonyl (C=O) groups is 2. The number of nitriles is 1. The molecule has 0 bridgehead atoms. The summed E-state index contributed by atoms with van der Waals surface area (Å²) in [6, 6.07) is 10.5. The van der Waals surface area contributed by atoms with Gasteiger partial charge < -0.3 is 0 Å². The molecule has 0 N–H and O–H groups in total. The van der Waals surface area contributed by atoms with Crippen molar-refractivity contribution in [2.75, 3.05) is 0 Å². The van der Waals surface area contributed by atoms with E-state index in [0.717, 1.165) is 18.4 Å². The summed E-state index contributed by atoms with van der Waals surface area (Å²) >= 11 is 0.